The third kappa shape index (κ3) is 10.4. The number of unbranched alkanes of at least 4 members (excludes halogenated alkanes) is 2. The van der Waals surface area contributed by atoms with E-state index in [9.17, 15) is 15.0 Å². The molecule has 2 aromatic carbocycles. The number of carbonyl (C=O) groups excluding carboxylic acids is 1. The molecular weight excluding hydrogens is 727 g/mol. The number of hydrogen-bond donors (Lipinski definition) is 2. The second kappa shape index (κ2) is 21.2. The van der Waals surface area contributed by atoms with E-state index in [2.05, 4.69) is 28.8 Å². The molecule has 6 atom stereocenters. The maximum Gasteiger partial charge on any atom is 0.410 e. The molecule has 312 valence electrons. The van der Waals surface area contributed by atoms with Gasteiger partial charge in [-0.2, -0.15) is 0 Å². The lowest BCUT2D eigenvalue weighted by Crippen LogP contribution is -2.70. The van der Waals surface area contributed by atoms with Crippen LogP contribution in [0.3, 0.4) is 0 Å². The molecule has 12 nitrogen and oxygen atoms in total. The Balaban J connectivity index is 1.41. The predicted molar refractivity (Wildman–Crippen MR) is 218 cm³/mol. The van der Waals surface area contributed by atoms with Gasteiger partial charge in [-0.1, -0.05) is 67.4 Å². The first kappa shape index (κ1) is 42.7. The molecule has 0 spiro atoms. The summed E-state index contributed by atoms with van der Waals surface area (Å²) >= 11 is 0. The van der Waals surface area contributed by atoms with Gasteiger partial charge >= 0.3 is 6.09 Å². The Bertz CT molecular complexity index is 1650. The molecule has 6 rings (SSSR count). The number of fused-ring (bicyclic) bond motifs is 2. The van der Waals surface area contributed by atoms with Crippen LogP contribution in [0.1, 0.15) is 75.3 Å². The Kier molecular flexibility index (Phi) is 15.8. The highest BCUT2D eigenvalue weighted by Crippen LogP contribution is 2.62. The zero-order valence-electron chi connectivity index (χ0n) is 33.9. The van der Waals surface area contributed by atoms with Gasteiger partial charge in [-0.25, -0.2) is 4.79 Å². The Labute approximate surface area is 338 Å². The van der Waals surface area contributed by atoms with Crippen LogP contribution in [0.2, 0.25) is 0 Å². The second-order valence-corrected chi connectivity index (χ2v) is 15.5. The average Bonchev–Trinajstić information content (AvgIpc) is 4.06. The third-order valence-electron chi connectivity index (χ3n) is 11.7. The number of oxime groups is 1. The van der Waals surface area contributed by atoms with Crippen LogP contribution < -0.4 is 9.47 Å². The number of nitrogens with zero attached hydrogens (tertiary/aromatic N) is 3. The van der Waals surface area contributed by atoms with E-state index in [4.69, 9.17) is 28.5 Å². The molecule has 2 aromatic rings. The van der Waals surface area contributed by atoms with Crippen molar-refractivity contribution < 1.29 is 43.5 Å². The first-order chi connectivity index (χ1) is 28.0. The van der Waals surface area contributed by atoms with Crippen molar-refractivity contribution in [3.63, 3.8) is 0 Å². The standard InChI is InChI=1S/C45H63N3O9/c1-4-19-48(44(51)55-28-27-53-32-33-13-7-6-8-14-33)41-31-39(46-52-3)37-29-34(15-9-11-23-49)36(16-10-12-24-50)42-38-30-35(54-26-22-47-20-21-47)17-18-40(38)57-45(41,43(37)42)56-25-5-2/h5-8,13-14,17-18,29-30,34,36,41-43,49-50H,2,4,9-12,15-16,19-28,31-32H2,1,3H3/t34-,36+,41-,42+,43+,45+/m0/s1. The first-order valence-corrected chi connectivity index (χ1v) is 21.0. The molecule has 2 fully saturated rings. The van der Waals surface area contributed by atoms with E-state index in [1.54, 1.807) is 18.1 Å². The van der Waals surface area contributed by atoms with Gasteiger partial charge in [-0.15, -0.1) is 6.58 Å². The van der Waals surface area contributed by atoms with Gasteiger partial charge in [-0.3, -0.25) is 9.80 Å². The molecular formula is C45H63N3O9. The fraction of sp³-hybridized carbons (Fsp3) is 0.600. The number of ether oxygens (including phenoxy) is 5. The van der Waals surface area contributed by atoms with E-state index in [-0.39, 0.29) is 56.7 Å². The molecule has 1 amide bonds. The van der Waals surface area contributed by atoms with Crippen LogP contribution >= 0.6 is 0 Å². The van der Waals surface area contributed by atoms with Gasteiger partial charge in [0.1, 0.15) is 37.9 Å². The number of aliphatic hydroxyl groups excluding tert-OH is 2. The first-order valence-electron chi connectivity index (χ1n) is 21.0. The lowest BCUT2D eigenvalue weighted by atomic mass is 9.55. The number of carbonyl (C=O) groups is 1. The molecule has 0 radical (unpaired) electrons. The average molecular weight is 790 g/mol. The SMILES string of the molecule is C=CCO[C@@]12Oc3ccc(OCCN4CC4)cc3[C@H]3[C@H](CCCCO)[C@@H](CCCCO)C=C(C(=NOC)C[C@@H]1N(CCC)C(=O)OCCOCc1ccccc1)[C@H]32. The van der Waals surface area contributed by atoms with Crippen LogP contribution in [0.4, 0.5) is 4.79 Å². The lowest BCUT2D eigenvalue weighted by molar-refractivity contribution is -0.255. The summed E-state index contributed by atoms with van der Waals surface area (Å²) in [5.74, 6) is -0.102. The Morgan fingerprint density at radius 3 is 2.56 bits per heavy atom. The summed E-state index contributed by atoms with van der Waals surface area (Å²) in [6.07, 6.45) is 9.42. The molecule has 1 saturated carbocycles. The Morgan fingerprint density at radius 1 is 1.05 bits per heavy atom. The number of allylic oxidation sites excluding steroid dienone is 1. The molecule has 2 heterocycles. The van der Waals surface area contributed by atoms with Gasteiger partial charge in [0.25, 0.3) is 0 Å². The number of hydrogen-bond acceptors (Lipinski definition) is 11. The van der Waals surface area contributed by atoms with Gasteiger partial charge in [0.15, 0.2) is 0 Å². The summed E-state index contributed by atoms with van der Waals surface area (Å²) in [5, 5.41) is 24.3. The van der Waals surface area contributed by atoms with Crippen molar-refractivity contribution in [2.45, 2.75) is 82.6 Å². The summed E-state index contributed by atoms with van der Waals surface area (Å²) in [5.41, 5.74) is 3.82. The molecule has 2 N–H and O–H groups in total. The van der Waals surface area contributed by atoms with E-state index in [1.807, 2.05) is 49.4 Å². The molecule has 0 bridgehead atoms. The van der Waals surface area contributed by atoms with E-state index < -0.39 is 17.9 Å². The Morgan fingerprint density at radius 2 is 1.84 bits per heavy atom. The van der Waals surface area contributed by atoms with Crippen LogP contribution in [0.15, 0.2) is 78.0 Å². The third-order valence-corrected chi connectivity index (χ3v) is 11.7. The van der Waals surface area contributed by atoms with E-state index >= 15 is 0 Å². The van der Waals surface area contributed by atoms with Gasteiger partial charge in [-0.05, 0) is 73.3 Å². The zero-order chi connectivity index (χ0) is 40.0. The largest absolute Gasteiger partial charge is 0.492 e. The summed E-state index contributed by atoms with van der Waals surface area (Å²) in [6, 6.07) is 15.3. The quantitative estimate of drug-likeness (QED) is 0.0512. The highest BCUT2D eigenvalue weighted by molar-refractivity contribution is 6.02. The molecule has 2 aliphatic heterocycles. The van der Waals surface area contributed by atoms with E-state index in [1.165, 1.54) is 0 Å². The van der Waals surface area contributed by atoms with Gasteiger partial charge < -0.3 is 38.7 Å². The van der Waals surface area contributed by atoms with Crippen molar-refractivity contribution in [3.05, 3.63) is 84.0 Å². The van der Waals surface area contributed by atoms with Crippen LogP contribution in [0, 0.1) is 17.8 Å². The summed E-state index contributed by atoms with van der Waals surface area (Å²) in [7, 11) is 1.55. The fourth-order valence-corrected chi connectivity index (χ4v) is 9.09. The van der Waals surface area contributed by atoms with Crippen molar-refractivity contribution in [1.29, 1.82) is 0 Å². The molecule has 0 unspecified atom stereocenters. The van der Waals surface area contributed by atoms with Crippen molar-refractivity contribution >= 4 is 11.8 Å². The highest BCUT2D eigenvalue weighted by atomic mass is 16.7. The summed E-state index contributed by atoms with van der Waals surface area (Å²) in [4.78, 5) is 24.0. The van der Waals surface area contributed by atoms with Crippen molar-refractivity contribution in [3.8, 4) is 11.5 Å². The van der Waals surface area contributed by atoms with Crippen molar-refractivity contribution in [2.75, 3.05) is 72.9 Å². The van der Waals surface area contributed by atoms with Crippen molar-refractivity contribution in [1.82, 2.24) is 9.80 Å². The Hall–Kier alpha value is -3.94. The molecule has 1 saturated heterocycles. The minimum absolute atomic E-state index is 0.0853. The minimum atomic E-state index is -1.34. The lowest BCUT2D eigenvalue weighted by Gasteiger charge is -2.59. The van der Waals surface area contributed by atoms with E-state index in [0.29, 0.717) is 51.2 Å². The van der Waals surface area contributed by atoms with Gasteiger partial charge in [0.05, 0.1) is 31.5 Å². The maximum absolute atomic E-state index is 14.3. The molecule has 0 aromatic heterocycles. The van der Waals surface area contributed by atoms with Crippen molar-refractivity contribution in [2.24, 2.45) is 22.9 Å². The fourth-order valence-electron chi connectivity index (χ4n) is 9.09. The van der Waals surface area contributed by atoms with Crippen LogP contribution in [0.25, 0.3) is 0 Å². The zero-order valence-corrected chi connectivity index (χ0v) is 33.9. The number of amides is 1. The highest BCUT2D eigenvalue weighted by Gasteiger charge is 2.65. The van der Waals surface area contributed by atoms with Crippen LogP contribution in [0.5, 0.6) is 11.5 Å². The van der Waals surface area contributed by atoms with Crippen LogP contribution in [-0.4, -0.2) is 117 Å². The minimum Gasteiger partial charge on any atom is -0.492 e. The maximum atomic E-state index is 14.3. The van der Waals surface area contributed by atoms with Gasteiger partial charge in [0, 0.05) is 57.3 Å². The predicted octanol–water partition coefficient (Wildman–Crippen LogP) is 6.71. The normalized spacial score (nSPS) is 25.4. The van der Waals surface area contributed by atoms with Crippen LogP contribution in [-0.2, 0) is 25.7 Å². The summed E-state index contributed by atoms with van der Waals surface area (Å²) < 4.78 is 32.4. The number of benzene rings is 2. The van der Waals surface area contributed by atoms with E-state index in [0.717, 1.165) is 73.5 Å². The molecule has 57 heavy (non-hydrogen) atoms. The smallest absolute Gasteiger partial charge is 0.410 e. The molecule has 4 aliphatic rings. The molecule has 12 heteroatoms. The monoisotopic (exact) mass is 789 g/mol. The second-order valence-electron chi connectivity index (χ2n) is 15.5. The number of aliphatic hydroxyl groups is 2. The molecule has 2 aliphatic carbocycles. The number of rotatable bonds is 24. The topological polar surface area (TPSA) is 132 Å². The summed E-state index contributed by atoms with van der Waals surface area (Å²) in [6.45, 7) is 11.3. The van der Waals surface area contributed by atoms with Gasteiger partial charge in [0.2, 0.25) is 5.79 Å².